The van der Waals surface area contributed by atoms with E-state index >= 15 is 0 Å². The number of rotatable bonds is 3. The monoisotopic (exact) mass is 206 g/mol. The van der Waals surface area contributed by atoms with Gasteiger partial charge in [0.15, 0.2) is 0 Å². The molecule has 0 unspecified atom stereocenters. The van der Waals surface area contributed by atoms with Crippen LogP contribution >= 0.6 is 0 Å². The van der Waals surface area contributed by atoms with Crippen molar-refractivity contribution in [3.8, 4) is 0 Å². The molecule has 0 saturated carbocycles. The van der Waals surface area contributed by atoms with E-state index in [1.807, 2.05) is 0 Å². The Morgan fingerprint density at radius 2 is 1.93 bits per heavy atom. The van der Waals surface area contributed by atoms with Gasteiger partial charge in [-0.25, -0.2) is 4.39 Å². The maximum absolute atomic E-state index is 12.6. The van der Waals surface area contributed by atoms with Crippen LogP contribution in [0, 0.1) is 5.82 Å². The molecule has 2 rings (SSSR count). The van der Waals surface area contributed by atoms with Gasteiger partial charge in [0.2, 0.25) is 0 Å². The molecular weight excluding hydrogens is 195 g/mol. The third-order valence-corrected chi connectivity index (χ3v) is 2.12. The van der Waals surface area contributed by atoms with Gasteiger partial charge in [-0.05, 0) is 23.8 Å². The van der Waals surface area contributed by atoms with Gasteiger partial charge in [-0.2, -0.15) is 5.10 Å². The van der Waals surface area contributed by atoms with E-state index in [9.17, 15) is 4.39 Å². The van der Waals surface area contributed by atoms with Crippen molar-refractivity contribution in [2.45, 2.75) is 13.2 Å². The van der Waals surface area contributed by atoms with E-state index in [0.29, 0.717) is 12.2 Å². The van der Waals surface area contributed by atoms with Crippen LogP contribution in [-0.2, 0) is 13.2 Å². The molecule has 4 heteroatoms. The fourth-order valence-corrected chi connectivity index (χ4v) is 1.35. The molecule has 0 aliphatic rings. The molecule has 2 aromatic rings. The zero-order valence-electron chi connectivity index (χ0n) is 8.10. The lowest BCUT2D eigenvalue weighted by atomic mass is 10.2. The minimum atomic E-state index is -0.240. The summed E-state index contributed by atoms with van der Waals surface area (Å²) in [7, 11) is 0. The van der Waals surface area contributed by atoms with E-state index in [-0.39, 0.29) is 12.4 Å². The molecule has 0 atom stereocenters. The summed E-state index contributed by atoms with van der Waals surface area (Å²) in [4.78, 5) is 0. The van der Waals surface area contributed by atoms with E-state index in [0.717, 1.165) is 5.56 Å². The predicted octanol–water partition coefficient (Wildman–Crippen LogP) is 1.56. The lowest BCUT2D eigenvalue weighted by Gasteiger charge is -2.01. The zero-order chi connectivity index (χ0) is 10.7. The first-order valence-corrected chi connectivity index (χ1v) is 4.65. The highest BCUT2D eigenvalue weighted by Crippen LogP contribution is 2.05. The molecule has 0 saturated heterocycles. The Hall–Kier alpha value is -1.68. The summed E-state index contributed by atoms with van der Waals surface area (Å²) in [5.74, 6) is -0.240. The smallest absolute Gasteiger partial charge is 0.123 e. The molecule has 0 aliphatic heterocycles. The summed E-state index contributed by atoms with van der Waals surface area (Å²) in [5, 5.41) is 12.9. The highest BCUT2D eigenvalue weighted by atomic mass is 19.1. The van der Waals surface area contributed by atoms with Crippen molar-refractivity contribution in [1.82, 2.24) is 9.78 Å². The largest absolute Gasteiger partial charge is 0.390 e. The van der Waals surface area contributed by atoms with Crippen molar-refractivity contribution in [3.05, 3.63) is 53.6 Å². The van der Waals surface area contributed by atoms with Gasteiger partial charge in [0.05, 0.1) is 18.8 Å². The molecule has 1 aromatic carbocycles. The molecule has 0 bridgehead atoms. The van der Waals surface area contributed by atoms with Crippen LogP contribution in [0.4, 0.5) is 4.39 Å². The summed E-state index contributed by atoms with van der Waals surface area (Å²) in [6, 6.07) is 8.03. The first-order chi connectivity index (χ1) is 7.28. The highest BCUT2D eigenvalue weighted by molar-refractivity contribution is 5.16. The van der Waals surface area contributed by atoms with Gasteiger partial charge in [-0.3, -0.25) is 4.68 Å². The van der Waals surface area contributed by atoms with Crippen LogP contribution in [0.1, 0.15) is 11.3 Å². The first kappa shape index (κ1) is 9.86. The second kappa shape index (κ2) is 4.23. The van der Waals surface area contributed by atoms with Crippen molar-refractivity contribution in [1.29, 1.82) is 0 Å². The summed E-state index contributed by atoms with van der Waals surface area (Å²) >= 11 is 0. The molecule has 0 aliphatic carbocycles. The third kappa shape index (κ3) is 2.41. The van der Waals surface area contributed by atoms with Crippen molar-refractivity contribution in [2.24, 2.45) is 0 Å². The van der Waals surface area contributed by atoms with E-state index in [2.05, 4.69) is 5.10 Å². The summed E-state index contributed by atoms with van der Waals surface area (Å²) in [5.41, 5.74) is 1.61. The van der Waals surface area contributed by atoms with Gasteiger partial charge in [0.1, 0.15) is 5.82 Å². The summed E-state index contributed by atoms with van der Waals surface area (Å²) in [6.45, 7) is 0.525. The molecule has 1 heterocycles. The Morgan fingerprint density at radius 3 is 2.53 bits per heavy atom. The second-order valence-electron chi connectivity index (χ2n) is 3.29. The number of hydrogen-bond donors (Lipinski definition) is 1. The number of nitrogens with zero attached hydrogens (tertiary/aromatic N) is 2. The van der Waals surface area contributed by atoms with Crippen LogP contribution < -0.4 is 0 Å². The average molecular weight is 206 g/mol. The van der Waals surface area contributed by atoms with Crippen molar-refractivity contribution in [2.75, 3.05) is 0 Å². The van der Waals surface area contributed by atoms with Crippen LogP contribution in [-0.4, -0.2) is 14.9 Å². The van der Waals surface area contributed by atoms with Crippen molar-refractivity contribution >= 4 is 0 Å². The summed E-state index contributed by atoms with van der Waals surface area (Å²) < 4.78 is 14.3. The number of hydrogen-bond acceptors (Lipinski definition) is 2. The lowest BCUT2D eigenvalue weighted by molar-refractivity contribution is 0.275. The molecule has 1 N–H and O–H groups in total. The number of benzene rings is 1. The standard InChI is InChI=1S/C11H11FN2O/c12-10-3-1-9(2-4-10)7-14-6-5-11(8-15)13-14/h1-6,15H,7-8H2. The SMILES string of the molecule is OCc1ccn(Cc2ccc(F)cc2)n1. The highest BCUT2D eigenvalue weighted by Gasteiger charge is 1.98. The van der Waals surface area contributed by atoms with Gasteiger partial charge in [0, 0.05) is 6.20 Å². The first-order valence-electron chi connectivity index (χ1n) is 4.65. The minimum Gasteiger partial charge on any atom is -0.390 e. The minimum absolute atomic E-state index is 0.0591. The second-order valence-corrected chi connectivity index (χ2v) is 3.29. The molecular formula is C11H11FN2O. The molecule has 78 valence electrons. The Kier molecular flexibility index (Phi) is 2.78. The Bertz CT molecular complexity index is 436. The van der Waals surface area contributed by atoms with Gasteiger partial charge in [-0.1, -0.05) is 12.1 Å². The van der Waals surface area contributed by atoms with Gasteiger partial charge >= 0.3 is 0 Å². The van der Waals surface area contributed by atoms with E-state index in [4.69, 9.17) is 5.11 Å². The fourth-order valence-electron chi connectivity index (χ4n) is 1.35. The predicted molar refractivity (Wildman–Crippen MR) is 53.7 cm³/mol. The van der Waals surface area contributed by atoms with Crippen LogP contribution in [0.2, 0.25) is 0 Å². The van der Waals surface area contributed by atoms with Gasteiger partial charge < -0.3 is 5.11 Å². The fraction of sp³-hybridized carbons (Fsp3) is 0.182. The van der Waals surface area contributed by atoms with Gasteiger partial charge in [-0.15, -0.1) is 0 Å². The number of halogens is 1. The summed E-state index contributed by atoms with van der Waals surface area (Å²) in [6.07, 6.45) is 1.79. The Balaban J connectivity index is 2.11. The van der Waals surface area contributed by atoms with Crippen LogP contribution in [0.15, 0.2) is 36.5 Å². The van der Waals surface area contributed by atoms with Gasteiger partial charge in [0.25, 0.3) is 0 Å². The van der Waals surface area contributed by atoms with E-state index in [1.54, 1.807) is 29.1 Å². The maximum Gasteiger partial charge on any atom is 0.123 e. The number of aliphatic hydroxyl groups is 1. The molecule has 0 amide bonds. The number of aromatic nitrogens is 2. The Labute approximate surface area is 86.8 Å². The lowest BCUT2D eigenvalue weighted by Crippen LogP contribution is -2.01. The van der Waals surface area contributed by atoms with Crippen molar-refractivity contribution in [3.63, 3.8) is 0 Å². The molecule has 1 aromatic heterocycles. The van der Waals surface area contributed by atoms with Crippen LogP contribution in [0.5, 0.6) is 0 Å². The normalized spacial score (nSPS) is 10.5. The molecule has 0 spiro atoms. The average Bonchev–Trinajstić information content (AvgIpc) is 2.69. The molecule has 3 nitrogen and oxygen atoms in total. The maximum atomic E-state index is 12.6. The number of aliphatic hydroxyl groups excluding tert-OH is 1. The third-order valence-electron chi connectivity index (χ3n) is 2.12. The Morgan fingerprint density at radius 1 is 1.20 bits per heavy atom. The van der Waals surface area contributed by atoms with Crippen molar-refractivity contribution < 1.29 is 9.50 Å². The quantitative estimate of drug-likeness (QED) is 0.827. The van der Waals surface area contributed by atoms with E-state index in [1.165, 1.54) is 12.1 Å². The zero-order valence-corrected chi connectivity index (χ0v) is 8.10. The van der Waals surface area contributed by atoms with E-state index < -0.39 is 0 Å². The van der Waals surface area contributed by atoms with Crippen LogP contribution in [0.25, 0.3) is 0 Å². The molecule has 0 radical (unpaired) electrons. The molecule has 15 heavy (non-hydrogen) atoms. The topological polar surface area (TPSA) is 38.0 Å². The van der Waals surface area contributed by atoms with Crippen LogP contribution in [0.3, 0.4) is 0 Å². The molecule has 0 fully saturated rings.